The number of ether oxygens (including phenoxy) is 3. The summed E-state index contributed by atoms with van der Waals surface area (Å²) in [6, 6.07) is 18.4. The standard InChI is InChI=1S/C30H30F2NO5/c1-36-26-10-8-20(9-11-26)27(34)18-33-14-12-21(13-15-33)28(19-33)37-30(35)38-29(22-4-2-6-24(31)16-22)23-5-3-7-25(32)17-23/h2-11,16-17,21,28-29H,12-15,18-19H2,1H3/q+1/t21?,28-,33?/m0/s1. The van der Waals surface area contributed by atoms with E-state index in [0.29, 0.717) is 40.0 Å². The van der Waals surface area contributed by atoms with Crippen molar-refractivity contribution in [1.82, 2.24) is 0 Å². The first-order valence-electron chi connectivity index (χ1n) is 12.7. The molecule has 0 aromatic heterocycles. The summed E-state index contributed by atoms with van der Waals surface area (Å²) >= 11 is 0. The van der Waals surface area contributed by atoms with Crippen LogP contribution in [0.3, 0.4) is 0 Å². The van der Waals surface area contributed by atoms with Crippen LogP contribution in [0.15, 0.2) is 72.8 Å². The van der Waals surface area contributed by atoms with Gasteiger partial charge < -0.3 is 18.7 Å². The van der Waals surface area contributed by atoms with Crippen molar-refractivity contribution < 1.29 is 37.1 Å². The number of hydrogen-bond donors (Lipinski definition) is 0. The summed E-state index contributed by atoms with van der Waals surface area (Å²) < 4.78 is 45.1. The monoisotopic (exact) mass is 522 g/mol. The van der Waals surface area contributed by atoms with E-state index < -0.39 is 30.0 Å². The van der Waals surface area contributed by atoms with Gasteiger partial charge >= 0.3 is 6.16 Å². The Bertz CT molecular complexity index is 1260. The maximum absolute atomic E-state index is 14.0. The summed E-state index contributed by atoms with van der Waals surface area (Å²) in [4.78, 5) is 26.1. The van der Waals surface area contributed by atoms with E-state index in [4.69, 9.17) is 14.2 Å². The predicted molar refractivity (Wildman–Crippen MR) is 136 cm³/mol. The summed E-state index contributed by atoms with van der Waals surface area (Å²) in [6.45, 7) is 2.53. The summed E-state index contributed by atoms with van der Waals surface area (Å²) in [7, 11) is 1.58. The van der Waals surface area contributed by atoms with Crippen LogP contribution in [0.25, 0.3) is 0 Å². The van der Waals surface area contributed by atoms with Crippen LogP contribution in [0.1, 0.15) is 40.4 Å². The van der Waals surface area contributed by atoms with Crippen molar-refractivity contribution in [2.24, 2.45) is 5.92 Å². The molecule has 0 amide bonds. The first-order chi connectivity index (χ1) is 18.3. The van der Waals surface area contributed by atoms with E-state index in [1.54, 1.807) is 43.5 Å². The molecule has 3 aliphatic rings. The first-order valence-corrected chi connectivity index (χ1v) is 12.7. The minimum Gasteiger partial charge on any atom is -0.497 e. The molecule has 6 rings (SSSR count). The molecule has 1 atom stereocenters. The Morgan fingerprint density at radius 1 is 0.921 bits per heavy atom. The molecule has 3 fully saturated rings. The van der Waals surface area contributed by atoms with Gasteiger partial charge in [-0.3, -0.25) is 4.79 Å². The minimum absolute atomic E-state index is 0.0339. The molecule has 0 saturated carbocycles. The molecular formula is C30H30F2NO5+. The molecule has 38 heavy (non-hydrogen) atoms. The van der Waals surface area contributed by atoms with Gasteiger partial charge in [0.1, 0.15) is 30.5 Å². The maximum Gasteiger partial charge on any atom is 0.509 e. The van der Waals surface area contributed by atoms with Gasteiger partial charge in [0.25, 0.3) is 0 Å². The van der Waals surface area contributed by atoms with Crippen LogP contribution in [0.4, 0.5) is 13.6 Å². The first kappa shape index (κ1) is 25.9. The number of halogens is 2. The molecule has 8 heteroatoms. The van der Waals surface area contributed by atoms with E-state index in [9.17, 15) is 18.4 Å². The number of benzene rings is 3. The second-order valence-electron chi connectivity index (χ2n) is 10.1. The molecule has 3 aromatic rings. The zero-order valence-electron chi connectivity index (χ0n) is 21.1. The lowest BCUT2D eigenvalue weighted by Gasteiger charge is -2.51. The SMILES string of the molecule is COc1ccc(C(=O)C[N+]23CCC(CC2)[C@@H](OC(=O)OC(c2cccc(F)c2)c2cccc(F)c2)C3)cc1. The summed E-state index contributed by atoms with van der Waals surface area (Å²) in [5, 5.41) is 0. The molecule has 3 heterocycles. The van der Waals surface area contributed by atoms with Crippen molar-refractivity contribution >= 4 is 11.9 Å². The largest absolute Gasteiger partial charge is 0.509 e. The van der Waals surface area contributed by atoms with E-state index in [-0.39, 0.29) is 11.7 Å². The van der Waals surface area contributed by atoms with E-state index in [1.165, 1.54) is 36.4 Å². The highest BCUT2D eigenvalue weighted by molar-refractivity contribution is 5.97. The van der Waals surface area contributed by atoms with Gasteiger partial charge in [0, 0.05) is 35.4 Å². The Kier molecular flexibility index (Phi) is 7.42. The Morgan fingerprint density at radius 3 is 2.08 bits per heavy atom. The van der Waals surface area contributed by atoms with E-state index >= 15 is 0 Å². The van der Waals surface area contributed by atoms with Gasteiger partial charge in [-0.15, -0.1) is 0 Å². The number of carbonyl (C=O) groups is 2. The summed E-state index contributed by atoms with van der Waals surface area (Å²) in [5.41, 5.74) is 1.36. The fraction of sp³-hybridized carbons (Fsp3) is 0.333. The molecule has 3 saturated heterocycles. The fourth-order valence-corrected chi connectivity index (χ4v) is 5.67. The number of quaternary nitrogens is 1. The van der Waals surface area contributed by atoms with Gasteiger partial charge in [0.05, 0.1) is 20.2 Å². The number of Topliss-reactive ketones (excluding diaryl/α,β-unsaturated/α-hetero) is 1. The van der Waals surface area contributed by atoms with Crippen molar-refractivity contribution in [2.45, 2.75) is 25.0 Å². The molecule has 3 aliphatic heterocycles. The number of carbonyl (C=O) groups excluding carboxylic acids is 2. The van der Waals surface area contributed by atoms with Crippen LogP contribution in [0.2, 0.25) is 0 Å². The molecule has 0 unspecified atom stereocenters. The van der Waals surface area contributed by atoms with Crippen LogP contribution in [0.5, 0.6) is 5.75 Å². The second-order valence-corrected chi connectivity index (χ2v) is 10.1. The van der Waals surface area contributed by atoms with Crippen molar-refractivity contribution in [3.63, 3.8) is 0 Å². The van der Waals surface area contributed by atoms with Crippen molar-refractivity contribution in [2.75, 3.05) is 33.3 Å². The highest BCUT2D eigenvalue weighted by atomic mass is 19.1. The topological polar surface area (TPSA) is 61.8 Å². The number of fused-ring (bicyclic) bond motifs is 3. The number of piperidine rings is 3. The Hall–Kier alpha value is -3.78. The maximum atomic E-state index is 14.0. The number of methoxy groups -OCH3 is 1. The van der Waals surface area contributed by atoms with Gasteiger partial charge in [-0.2, -0.15) is 0 Å². The Balaban J connectivity index is 1.28. The molecule has 0 N–H and O–H groups in total. The van der Waals surface area contributed by atoms with Crippen LogP contribution in [-0.4, -0.2) is 55.8 Å². The van der Waals surface area contributed by atoms with Crippen molar-refractivity contribution in [3.8, 4) is 5.75 Å². The smallest absolute Gasteiger partial charge is 0.497 e. The molecule has 6 nitrogen and oxygen atoms in total. The number of nitrogens with zero attached hydrogens (tertiary/aromatic N) is 1. The average molecular weight is 523 g/mol. The fourth-order valence-electron chi connectivity index (χ4n) is 5.67. The number of rotatable bonds is 8. The third kappa shape index (κ3) is 5.70. The van der Waals surface area contributed by atoms with Gasteiger partial charge in [-0.05, 0) is 48.5 Å². The molecular weight excluding hydrogens is 492 g/mol. The Morgan fingerprint density at radius 2 is 1.53 bits per heavy atom. The second kappa shape index (κ2) is 10.9. The lowest BCUT2D eigenvalue weighted by atomic mass is 9.83. The van der Waals surface area contributed by atoms with Crippen LogP contribution >= 0.6 is 0 Å². The summed E-state index contributed by atoms with van der Waals surface area (Å²) in [6.07, 6.45) is -0.665. The van der Waals surface area contributed by atoms with Crippen LogP contribution in [0, 0.1) is 17.6 Å². The van der Waals surface area contributed by atoms with Crippen LogP contribution in [-0.2, 0) is 9.47 Å². The quantitative estimate of drug-likeness (QED) is 0.216. The Labute approximate surface area is 220 Å². The number of ketones is 1. The summed E-state index contributed by atoms with van der Waals surface area (Å²) in [5.74, 6) is -0.0846. The van der Waals surface area contributed by atoms with Gasteiger partial charge in [-0.1, -0.05) is 24.3 Å². The van der Waals surface area contributed by atoms with E-state index in [2.05, 4.69) is 0 Å². The van der Waals surface area contributed by atoms with Crippen molar-refractivity contribution in [3.05, 3.63) is 101 Å². The van der Waals surface area contributed by atoms with Gasteiger partial charge in [0.15, 0.2) is 12.2 Å². The molecule has 198 valence electrons. The number of hydrogen-bond acceptors (Lipinski definition) is 5. The highest BCUT2D eigenvalue weighted by Crippen LogP contribution is 2.37. The highest BCUT2D eigenvalue weighted by Gasteiger charge is 2.49. The third-order valence-corrected chi connectivity index (χ3v) is 7.70. The third-order valence-electron chi connectivity index (χ3n) is 7.70. The molecule has 0 radical (unpaired) electrons. The normalized spacial score (nSPS) is 22.2. The van der Waals surface area contributed by atoms with Crippen LogP contribution < -0.4 is 4.74 Å². The van der Waals surface area contributed by atoms with Gasteiger partial charge in [0.2, 0.25) is 5.78 Å². The van der Waals surface area contributed by atoms with E-state index in [1.807, 2.05) is 0 Å². The molecule has 3 aromatic carbocycles. The minimum atomic E-state index is -1.03. The zero-order chi connectivity index (χ0) is 26.7. The average Bonchev–Trinajstić information content (AvgIpc) is 2.92. The zero-order valence-corrected chi connectivity index (χ0v) is 21.1. The lowest BCUT2D eigenvalue weighted by Crippen LogP contribution is -2.65. The predicted octanol–water partition coefficient (Wildman–Crippen LogP) is 5.71. The molecule has 0 spiro atoms. The van der Waals surface area contributed by atoms with Gasteiger partial charge in [-0.25, -0.2) is 13.6 Å². The molecule has 2 bridgehead atoms. The lowest BCUT2D eigenvalue weighted by molar-refractivity contribution is -0.938. The van der Waals surface area contributed by atoms with E-state index in [0.717, 1.165) is 25.9 Å². The molecule has 0 aliphatic carbocycles. The van der Waals surface area contributed by atoms with Crippen molar-refractivity contribution in [1.29, 1.82) is 0 Å².